The molecule has 0 saturated heterocycles. The second-order valence-corrected chi connectivity index (χ2v) is 5.26. The summed E-state index contributed by atoms with van der Waals surface area (Å²) in [5.41, 5.74) is -1.66. The van der Waals surface area contributed by atoms with Crippen molar-refractivity contribution in [3.63, 3.8) is 0 Å². The normalized spacial score (nSPS) is 11.4. The summed E-state index contributed by atoms with van der Waals surface area (Å²) in [5.74, 6) is -0.588. The molecule has 1 heterocycles. The quantitative estimate of drug-likeness (QED) is 0.795. The number of amides is 1. The zero-order valence-electron chi connectivity index (χ0n) is 12.8. The lowest BCUT2D eigenvalue weighted by atomic mass is 10.1. The molecule has 0 fully saturated rings. The van der Waals surface area contributed by atoms with Gasteiger partial charge < -0.3 is 10.3 Å². The summed E-state index contributed by atoms with van der Waals surface area (Å²) in [6.07, 6.45) is -4.79. The van der Waals surface area contributed by atoms with Crippen molar-refractivity contribution in [3.8, 4) is 0 Å². The van der Waals surface area contributed by atoms with E-state index in [0.29, 0.717) is 0 Å². The molecule has 1 aromatic heterocycles. The van der Waals surface area contributed by atoms with Crippen molar-refractivity contribution in [3.05, 3.63) is 61.4 Å². The molecule has 0 atom stereocenters. The van der Waals surface area contributed by atoms with Crippen molar-refractivity contribution in [2.45, 2.75) is 26.4 Å². The molecule has 0 spiro atoms. The zero-order chi connectivity index (χ0) is 18.1. The van der Waals surface area contributed by atoms with Crippen LogP contribution in [0.2, 0.25) is 0 Å². The van der Waals surface area contributed by atoms with Gasteiger partial charge in [0.05, 0.1) is 12.0 Å². The average molecular weight is 341 g/mol. The third-order valence-corrected chi connectivity index (χ3v) is 3.41. The van der Waals surface area contributed by atoms with Gasteiger partial charge in [-0.25, -0.2) is 4.79 Å². The van der Waals surface area contributed by atoms with Gasteiger partial charge in [0.25, 0.3) is 5.56 Å². The molecule has 0 aliphatic carbocycles. The number of halogens is 3. The van der Waals surface area contributed by atoms with Crippen LogP contribution >= 0.6 is 0 Å². The number of H-pyrrole nitrogens is 2. The van der Waals surface area contributed by atoms with Crippen LogP contribution in [0, 0.1) is 13.8 Å². The topological polar surface area (TPSA) is 94.8 Å². The highest BCUT2D eigenvalue weighted by Crippen LogP contribution is 2.32. The predicted molar refractivity (Wildman–Crippen MR) is 80.9 cm³/mol. The maximum absolute atomic E-state index is 12.7. The minimum Gasteiger partial charge on any atom is -0.326 e. The summed E-state index contributed by atoms with van der Waals surface area (Å²) in [6.45, 7) is 2.76. The number of hydrogen-bond acceptors (Lipinski definition) is 3. The molecule has 9 heteroatoms. The smallest absolute Gasteiger partial charge is 0.326 e. The summed E-state index contributed by atoms with van der Waals surface area (Å²) >= 11 is 0. The molecule has 6 nitrogen and oxygen atoms in total. The number of nitrogens with one attached hydrogen (secondary N) is 3. The van der Waals surface area contributed by atoms with Gasteiger partial charge in [-0.05, 0) is 37.6 Å². The Hall–Kier alpha value is -2.84. The molecule has 2 aromatic rings. The van der Waals surface area contributed by atoms with Crippen LogP contribution in [-0.4, -0.2) is 15.9 Å². The van der Waals surface area contributed by atoms with E-state index in [-0.39, 0.29) is 28.9 Å². The van der Waals surface area contributed by atoms with Crippen molar-refractivity contribution in [2.24, 2.45) is 0 Å². The van der Waals surface area contributed by atoms with Crippen molar-refractivity contribution >= 4 is 11.6 Å². The van der Waals surface area contributed by atoms with E-state index >= 15 is 0 Å². The summed E-state index contributed by atoms with van der Waals surface area (Å²) in [5, 5.41) is 2.43. The fourth-order valence-corrected chi connectivity index (χ4v) is 2.26. The van der Waals surface area contributed by atoms with Gasteiger partial charge in [0, 0.05) is 16.9 Å². The molecule has 0 aliphatic rings. The van der Waals surface area contributed by atoms with Crippen molar-refractivity contribution < 1.29 is 18.0 Å². The molecule has 1 aromatic carbocycles. The van der Waals surface area contributed by atoms with E-state index in [4.69, 9.17) is 0 Å². The maximum Gasteiger partial charge on any atom is 0.416 e. The maximum atomic E-state index is 12.7. The first kappa shape index (κ1) is 17.5. The molecule has 128 valence electrons. The number of carbonyl (C=O) groups is 1. The van der Waals surface area contributed by atoms with Crippen LogP contribution in [0.15, 0.2) is 27.8 Å². The minimum atomic E-state index is -4.47. The third-order valence-electron chi connectivity index (χ3n) is 3.41. The molecule has 1 amide bonds. The van der Waals surface area contributed by atoms with E-state index in [1.54, 1.807) is 0 Å². The zero-order valence-corrected chi connectivity index (χ0v) is 12.8. The summed E-state index contributed by atoms with van der Waals surface area (Å²) in [6, 6.07) is 3.21. The fraction of sp³-hybridized carbons (Fsp3) is 0.267. The Morgan fingerprint density at radius 1 is 1.17 bits per heavy atom. The van der Waals surface area contributed by atoms with Gasteiger partial charge in [0.1, 0.15) is 0 Å². The Morgan fingerprint density at radius 2 is 1.83 bits per heavy atom. The van der Waals surface area contributed by atoms with Gasteiger partial charge in [-0.15, -0.1) is 0 Å². The highest BCUT2D eigenvalue weighted by molar-refractivity contribution is 5.92. The molecule has 0 saturated carbocycles. The van der Waals surface area contributed by atoms with Crippen LogP contribution in [0.3, 0.4) is 0 Å². The van der Waals surface area contributed by atoms with Crippen LogP contribution in [0.4, 0.5) is 18.9 Å². The van der Waals surface area contributed by atoms with Crippen molar-refractivity contribution in [1.29, 1.82) is 0 Å². The van der Waals surface area contributed by atoms with Crippen LogP contribution in [-0.2, 0) is 17.4 Å². The van der Waals surface area contributed by atoms with Gasteiger partial charge in [-0.1, -0.05) is 0 Å². The van der Waals surface area contributed by atoms with E-state index in [2.05, 4.69) is 10.3 Å². The molecule has 0 bridgehead atoms. The lowest BCUT2D eigenvalue weighted by Crippen LogP contribution is -2.29. The number of hydrogen-bond donors (Lipinski definition) is 3. The largest absolute Gasteiger partial charge is 0.416 e. The Balaban J connectivity index is 2.18. The van der Waals surface area contributed by atoms with Crippen LogP contribution in [0.1, 0.15) is 22.4 Å². The summed E-state index contributed by atoms with van der Waals surface area (Å²) in [4.78, 5) is 39.1. The van der Waals surface area contributed by atoms with Crippen LogP contribution < -0.4 is 16.6 Å². The van der Waals surface area contributed by atoms with Crippen molar-refractivity contribution in [1.82, 2.24) is 9.97 Å². The van der Waals surface area contributed by atoms with Gasteiger partial charge >= 0.3 is 11.9 Å². The number of aromatic amines is 2. The number of benzene rings is 1. The monoisotopic (exact) mass is 341 g/mol. The molecule has 24 heavy (non-hydrogen) atoms. The van der Waals surface area contributed by atoms with E-state index in [0.717, 1.165) is 12.1 Å². The minimum absolute atomic E-state index is 0.0293. The molecule has 0 aliphatic heterocycles. The standard InChI is InChI=1S/C15H14F3N3O3/c1-7-5-9(3-4-11(7)15(16,17)18)20-12(22)6-10-8(2)19-14(24)21-13(10)23/h3-5H,6H2,1-2H3,(H,20,22)(H2,19,21,23,24). The molecule has 0 unspecified atom stereocenters. The lowest BCUT2D eigenvalue weighted by Gasteiger charge is -2.12. The van der Waals surface area contributed by atoms with E-state index in [9.17, 15) is 27.6 Å². The highest BCUT2D eigenvalue weighted by atomic mass is 19.4. The molecule has 3 N–H and O–H groups in total. The highest BCUT2D eigenvalue weighted by Gasteiger charge is 2.32. The second-order valence-electron chi connectivity index (χ2n) is 5.26. The number of alkyl halides is 3. The van der Waals surface area contributed by atoms with E-state index in [1.165, 1.54) is 19.9 Å². The molecule has 2 rings (SSSR count). The van der Waals surface area contributed by atoms with Crippen LogP contribution in [0.25, 0.3) is 0 Å². The molecular weight excluding hydrogens is 327 g/mol. The number of aryl methyl sites for hydroxylation is 2. The second kappa shape index (κ2) is 6.34. The number of anilines is 1. The van der Waals surface area contributed by atoms with Gasteiger partial charge in [-0.2, -0.15) is 13.2 Å². The number of rotatable bonds is 3. The SMILES string of the molecule is Cc1cc(NC(=O)Cc2c(C)[nH]c(=O)[nH]c2=O)ccc1C(F)(F)F. The van der Waals surface area contributed by atoms with E-state index in [1.807, 2.05) is 4.98 Å². The number of carbonyl (C=O) groups excluding carboxylic acids is 1. The van der Waals surface area contributed by atoms with Crippen molar-refractivity contribution in [2.75, 3.05) is 5.32 Å². The molecule has 0 radical (unpaired) electrons. The fourth-order valence-electron chi connectivity index (χ4n) is 2.26. The summed E-state index contributed by atoms with van der Waals surface area (Å²) < 4.78 is 38.1. The Labute approximate surface area is 133 Å². The van der Waals surface area contributed by atoms with Gasteiger partial charge in [-0.3, -0.25) is 14.6 Å². The Kier molecular flexibility index (Phi) is 4.63. The first-order chi connectivity index (χ1) is 11.1. The third kappa shape index (κ3) is 3.92. The van der Waals surface area contributed by atoms with Crippen LogP contribution in [0.5, 0.6) is 0 Å². The Bertz CT molecular complexity index is 897. The first-order valence-corrected chi connectivity index (χ1v) is 6.87. The average Bonchev–Trinajstić information content (AvgIpc) is 2.41. The summed E-state index contributed by atoms with van der Waals surface area (Å²) in [7, 11) is 0. The number of aromatic nitrogens is 2. The predicted octanol–water partition coefficient (Wildman–Crippen LogP) is 1.88. The Morgan fingerprint density at radius 3 is 2.38 bits per heavy atom. The van der Waals surface area contributed by atoms with Gasteiger partial charge in [0.2, 0.25) is 5.91 Å². The van der Waals surface area contributed by atoms with Gasteiger partial charge in [0.15, 0.2) is 0 Å². The first-order valence-electron chi connectivity index (χ1n) is 6.87. The lowest BCUT2D eigenvalue weighted by molar-refractivity contribution is -0.138. The van der Waals surface area contributed by atoms with E-state index < -0.39 is 28.9 Å². The molecular formula is C15H14F3N3O3.